The van der Waals surface area contributed by atoms with Gasteiger partial charge in [-0.3, -0.25) is 4.79 Å². The lowest BCUT2D eigenvalue weighted by Crippen LogP contribution is -2.43. The maximum Gasteiger partial charge on any atom is 0.230 e. The van der Waals surface area contributed by atoms with Crippen LogP contribution in [0.5, 0.6) is 0 Å². The molecule has 0 aliphatic heterocycles. The Morgan fingerprint density at radius 1 is 1.39 bits per heavy atom. The molecular formula is C18H20FNO3. The first-order valence-electron chi connectivity index (χ1n) is 7.67. The predicted molar refractivity (Wildman–Crippen MR) is 83.3 cm³/mol. The van der Waals surface area contributed by atoms with E-state index < -0.39 is 11.0 Å². The molecule has 1 atom stereocenters. The third-order valence-electron chi connectivity index (χ3n) is 4.43. The van der Waals surface area contributed by atoms with E-state index in [1.54, 1.807) is 38.1 Å². The summed E-state index contributed by atoms with van der Waals surface area (Å²) in [5, 5.41) is 13.3. The highest BCUT2D eigenvalue weighted by Crippen LogP contribution is 2.48. The zero-order valence-electron chi connectivity index (χ0n) is 13.2. The number of benzene rings is 1. The Bertz CT molecular complexity index is 731. The van der Waals surface area contributed by atoms with Gasteiger partial charge in [-0.15, -0.1) is 0 Å². The first-order chi connectivity index (χ1) is 10.8. The number of rotatable bonds is 5. The Kier molecular flexibility index (Phi) is 3.76. The molecule has 0 spiro atoms. The van der Waals surface area contributed by atoms with Gasteiger partial charge < -0.3 is 14.8 Å². The second-order valence-corrected chi connectivity index (χ2v) is 6.46. The van der Waals surface area contributed by atoms with Crippen molar-refractivity contribution in [2.45, 2.75) is 37.7 Å². The number of halogens is 1. The molecule has 2 aromatic rings. The smallest absolute Gasteiger partial charge is 0.230 e. The fourth-order valence-corrected chi connectivity index (χ4v) is 2.79. The maximum atomic E-state index is 13.4. The Morgan fingerprint density at radius 2 is 2.13 bits per heavy atom. The van der Waals surface area contributed by atoms with Crippen LogP contribution in [0.2, 0.25) is 0 Å². The predicted octanol–water partition coefficient (Wildman–Crippen LogP) is 2.78. The van der Waals surface area contributed by atoms with Crippen molar-refractivity contribution in [1.29, 1.82) is 0 Å². The van der Waals surface area contributed by atoms with E-state index in [-0.39, 0.29) is 18.3 Å². The number of furan rings is 1. The van der Waals surface area contributed by atoms with Crippen LogP contribution < -0.4 is 5.32 Å². The third-order valence-corrected chi connectivity index (χ3v) is 4.43. The van der Waals surface area contributed by atoms with Crippen LogP contribution >= 0.6 is 0 Å². The van der Waals surface area contributed by atoms with Gasteiger partial charge in [0, 0.05) is 0 Å². The average Bonchev–Trinajstić information content (AvgIpc) is 3.20. The van der Waals surface area contributed by atoms with Crippen LogP contribution in [0, 0.1) is 12.7 Å². The minimum atomic E-state index is -1.29. The van der Waals surface area contributed by atoms with Gasteiger partial charge in [0.1, 0.15) is 22.9 Å². The molecule has 0 bridgehead atoms. The summed E-state index contributed by atoms with van der Waals surface area (Å²) in [6.07, 6.45) is 1.37. The highest BCUT2D eigenvalue weighted by Gasteiger charge is 2.51. The van der Waals surface area contributed by atoms with Crippen molar-refractivity contribution in [3.8, 4) is 0 Å². The van der Waals surface area contributed by atoms with Gasteiger partial charge in [-0.1, -0.05) is 12.1 Å². The van der Waals surface area contributed by atoms with Crippen LogP contribution in [-0.2, 0) is 15.8 Å². The zero-order valence-corrected chi connectivity index (χ0v) is 13.2. The Balaban J connectivity index is 1.70. The van der Waals surface area contributed by atoms with E-state index in [4.69, 9.17) is 4.42 Å². The fourth-order valence-electron chi connectivity index (χ4n) is 2.79. The van der Waals surface area contributed by atoms with Crippen molar-refractivity contribution in [1.82, 2.24) is 5.32 Å². The van der Waals surface area contributed by atoms with Crippen LogP contribution in [0.1, 0.15) is 36.8 Å². The van der Waals surface area contributed by atoms with Gasteiger partial charge in [0.25, 0.3) is 0 Å². The van der Waals surface area contributed by atoms with Crippen LogP contribution in [-0.4, -0.2) is 17.6 Å². The number of carbonyl (C=O) groups is 1. The Labute approximate surface area is 134 Å². The lowest BCUT2D eigenvalue weighted by Gasteiger charge is -2.23. The lowest BCUT2D eigenvalue weighted by molar-refractivity contribution is -0.125. The molecule has 1 aliphatic carbocycles. The molecule has 1 amide bonds. The van der Waals surface area contributed by atoms with Gasteiger partial charge in [-0.05, 0) is 56.5 Å². The van der Waals surface area contributed by atoms with Crippen molar-refractivity contribution < 1.29 is 18.7 Å². The zero-order chi connectivity index (χ0) is 16.7. The molecule has 122 valence electrons. The van der Waals surface area contributed by atoms with Crippen molar-refractivity contribution >= 4 is 5.91 Å². The van der Waals surface area contributed by atoms with Gasteiger partial charge in [-0.25, -0.2) is 4.39 Å². The molecule has 1 aliphatic rings. The summed E-state index contributed by atoms with van der Waals surface area (Å²) < 4.78 is 18.8. The highest BCUT2D eigenvalue weighted by molar-refractivity contribution is 5.91. The van der Waals surface area contributed by atoms with Crippen LogP contribution in [0.15, 0.2) is 40.8 Å². The molecule has 0 saturated heterocycles. The largest absolute Gasteiger partial charge is 0.463 e. The number of hydrogen-bond acceptors (Lipinski definition) is 3. The minimum Gasteiger partial charge on any atom is -0.463 e. The molecule has 3 rings (SSSR count). The molecule has 23 heavy (non-hydrogen) atoms. The molecule has 1 heterocycles. The second kappa shape index (κ2) is 5.49. The van der Waals surface area contributed by atoms with Crippen LogP contribution in [0.3, 0.4) is 0 Å². The number of carbonyl (C=O) groups excluding carboxylic acids is 1. The molecule has 5 heteroatoms. The van der Waals surface area contributed by atoms with Gasteiger partial charge in [0.05, 0.1) is 12.0 Å². The quantitative estimate of drug-likeness (QED) is 0.891. The summed E-state index contributed by atoms with van der Waals surface area (Å²) in [5.41, 5.74) is -1.28. The Morgan fingerprint density at radius 3 is 2.70 bits per heavy atom. The minimum absolute atomic E-state index is 0.0376. The summed E-state index contributed by atoms with van der Waals surface area (Å²) in [7, 11) is 0. The van der Waals surface area contributed by atoms with E-state index >= 15 is 0 Å². The van der Waals surface area contributed by atoms with Crippen molar-refractivity contribution in [3.05, 3.63) is 59.3 Å². The maximum absolute atomic E-state index is 13.4. The van der Waals surface area contributed by atoms with Crippen LogP contribution in [0.25, 0.3) is 0 Å². The molecule has 0 radical (unpaired) electrons. The van der Waals surface area contributed by atoms with E-state index in [9.17, 15) is 14.3 Å². The molecule has 2 N–H and O–H groups in total. The molecule has 1 aromatic heterocycles. The van der Waals surface area contributed by atoms with E-state index in [2.05, 4.69) is 5.32 Å². The van der Waals surface area contributed by atoms with Crippen molar-refractivity contribution in [2.75, 3.05) is 6.54 Å². The lowest BCUT2D eigenvalue weighted by atomic mass is 9.94. The van der Waals surface area contributed by atoms with Crippen molar-refractivity contribution in [2.24, 2.45) is 0 Å². The molecule has 4 nitrogen and oxygen atoms in total. The second-order valence-electron chi connectivity index (χ2n) is 6.46. The van der Waals surface area contributed by atoms with Crippen LogP contribution in [0.4, 0.5) is 4.39 Å². The first-order valence-corrected chi connectivity index (χ1v) is 7.67. The van der Waals surface area contributed by atoms with E-state index in [1.807, 2.05) is 0 Å². The van der Waals surface area contributed by atoms with Gasteiger partial charge in [0.15, 0.2) is 0 Å². The molecule has 1 aromatic carbocycles. The van der Waals surface area contributed by atoms with Gasteiger partial charge in [-0.2, -0.15) is 0 Å². The summed E-state index contributed by atoms with van der Waals surface area (Å²) in [5.74, 6) is 0.571. The summed E-state index contributed by atoms with van der Waals surface area (Å²) in [4.78, 5) is 12.5. The van der Waals surface area contributed by atoms with Gasteiger partial charge in [0.2, 0.25) is 5.91 Å². The molecule has 1 saturated carbocycles. The SMILES string of the molecule is Cc1ccc(C(C)(O)CNC(=O)C2(c3cccc(F)c3)CC2)o1. The molecule has 1 fully saturated rings. The molecule has 1 unspecified atom stereocenters. The highest BCUT2D eigenvalue weighted by atomic mass is 19.1. The standard InChI is InChI=1S/C18H20FNO3/c1-12-6-7-15(23-12)17(2,22)11-20-16(21)18(8-9-18)13-4-3-5-14(19)10-13/h3-7,10,22H,8-9,11H2,1-2H3,(H,20,21). The summed E-state index contributed by atoms with van der Waals surface area (Å²) >= 11 is 0. The van der Waals surface area contributed by atoms with Crippen molar-refractivity contribution in [3.63, 3.8) is 0 Å². The number of aliphatic hydroxyl groups is 1. The number of amides is 1. The van der Waals surface area contributed by atoms with E-state index in [0.29, 0.717) is 29.9 Å². The van der Waals surface area contributed by atoms with Gasteiger partial charge >= 0.3 is 0 Å². The number of aryl methyl sites for hydroxylation is 1. The monoisotopic (exact) mass is 317 g/mol. The summed E-state index contributed by atoms with van der Waals surface area (Å²) in [6, 6.07) is 9.60. The van der Waals surface area contributed by atoms with E-state index in [0.717, 1.165) is 0 Å². The average molecular weight is 317 g/mol. The molecular weight excluding hydrogens is 297 g/mol. The number of hydrogen-bond donors (Lipinski definition) is 2. The summed E-state index contributed by atoms with van der Waals surface area (Å²) in [6.45, 7) is 3.42. The number of nitrogens with one attached hydrogen (secondary N) is 1. The first kappa shape index (κ1) is 15.7. The third kappa shape index (κ3) is 3.01. The Hall–Kier alpha value is -2.14. The van der Waals surface area contributed by atoms with E-state index in [1.165, 1.54) is 12.1 Å². The topological polar surface area (TPSA) is 62.5 Å². The fraction of sp³-hybridized carbons (Fsp3) is 0.389. The normalized spacial score (nSPS) is 18.3.